The average Bonchev–Trinajstić information content (AvgIpc) is 3.09. The molecule has 174 valence electrons. The Hall–Kier alpha value is -2.59. The molecule has 0 saturated heterocycles. The van der Waals surface area contributed by atoms with E-state index in [0.29, 0.717) is 19.2 Å². The first-order valence-corrected chi connectivity index (χ1v) is 12.0. The third-order valence-corrected chi connectivity index (χ3v) is 7.38. The summed E-state index contributed by atoms with van der Waals surface area (Å²) in [5.41, 5.74) is 3.28. The normalized spacial score (nSPS) is 17.5. The number of imidazole rings is 1. The van der Waals surface area contributed by atoms with E-state index in [1.165, 1.54) is 0 Å². The number of rotatable bonds is 4. The number of nitrogens with zero attached hydrogens (tertiary/aromatic N) is 5. The van der Waals surface area contributed by atoms with Gasteiger partial charge in [-0.2, -0.15) is 13.1 Å². The van der Waals surface area contributed by atoms with Gasteiger partial charge in [-0.05, 0) is 37.1 Å². The Morgan fingerprint density at radius 2 is 1.91 bits per heavy atom. The molecule has 0 spiro atoms. The van der Waals surface area contributed by atoms with E-state index in [4.69, 9.17) is 0 Å². The third-order valence-electron chi connectivity index (χ3n) is 5.52. The summed E-state index contributed by atoms with van der Waals surface area (Å²) in [6.45, 7) is 8.42. The van der Waals surface area contributed by atoms with Crippen molar-refractivity contribution in [1.82, 2.24) is 18.7 Å². The lowest BCUT2D eigenvalue weighted by atomic mass is 10.1. The Morgan fingerprint density at radius 3 is 2.59 bits per heavy atom. The Balaban J connectivity index is 0.00000141. The number of benzene rings is 1. The molecule has 1 aliphatic rings. The third kappa shape index (κ3) is 4.33. The van der Waals surface area contributed by atoms with E-state index in [1.54, 1.807) is 18.5 Å². The van der Waals surface area contributed by atoms with Gasteiger partial charge in [0, 0.05) is 44.1 Å². The summed E-state index contributed by atoms with van der Waals surface area (Å²) in [5, 5.41) is -3.85. The van der Waals surface area contributed by atoms with Gasteiger partial charge in [-0.15, -0.1) is 0 Å². The Kier molecular flexibility index (Phi) is 6.85. The topological polar surface area (TPSA) is 70.8 Å². The van der Waals surface area contributed by atoms with Gasteiger partial charge in [0.25, 0.3) is 10.0 Å². The van der Waals surface area contributed by atoms with Crippen LogP contribution in [0.4, 0.5) is 14.5 Å². The second-order valence-corrected chi connectivity index (χ2v) is 9.88. The number of hydrogen-bond donors (Lipinski definition) is 0. The molecule has 1 atom stereocenters. The molecule has 1 aliphatic heterocycles. The van der Waals surface area contributed by atoms with Gasteiger partial charge in [-0.3, -0.25) is 4.40 Å². The summed E-state index contributed by atoms with van der Waals surface area (Å²) in [4.78, 5) is 10.6. The molecule has 2 aromatic heterocycles. The van der Waals surface area contributed by atoms with E-state index in [-0.39, 0.29) is 19.1 Å². The fraction of sp³-hybridized carbons (Fsp3) is 0.455. The zero-order valence-corrected chi connectivity index (χ0v) is 19.8. The van der Waals surface area contributed by atoms with Crippen molar-refractivity contribution in [3.05, 3.63) is 59.7 Å². The predicted octanol–water partition coefficient (Wildman–Crippen LogP) is 4.22. The highest BCUT2D eigenvalue weighted by atomic mass is 32.2. The molecule has 3 aromatic rings. The summed E-state index contributed by atoms with van der Waals surface area (Å²) >= 11 is 0. The van der Waals surface area contributed by atoms with E-state index < -0.39 is 15.3 Å². The molecule has 10 heteroatoms. The van der Waals surface area contributed by atoms with Crippen molar-refractivity contribution in [2.75, 3.05) is 11.4 Å². The maximum Gasteiger partial charge on any atom is 0.356 e. The van der Waals surface area contributed by atoms with Crippen molar-refractivity contribution in [3.8, 4) is 0 Å². The molecule has 0 bridgehead atoms. The average molecular weight is 466 g/mol. The minimum absolute atomic E-state index is 0.0468. The number of alkyl halides is 2. The highest BCUT2D eigenvalue weighted by molar-refractivity contribution is 7.90. The smallest absolute Gasteiger partial charge is 0.356 e. The SMILES string of the molecule is CC.Cc1cccc2c1CN(S(=O)(=O)C(C)(F)F)C[C@@H](C)N2Cc1cnc2ncccn12. The van der Waals surface area contributed by atoms with Crippen LogP contribution in [0.2, 0.25) is 0 Å². The van der Waals surface area contributed by atoms with Gasteiger partial charge < -0.3 is 4.90 Å². The lowest BCUT2D eigenvalue weighted by Crippen LogP contribution is -2.46. The molecule has 4 rings (SSSR count). The van der Waals surface area contributed by atoms with Crippen LogP contribution in [0.1, 0.15) is 44.5 Å². The van der Waals surface area contributed by atoms with Crippen molar-refractivity contribution < 1.29 is 17.2 Å². The van der Waals surface area contributed by atoms with Crippen molar-refractivity contribution in [1.29, 1.82) is 0 Å². The fourth-order valence-corrected chi connectivity index (χ4v) is 5.02. The number of sulfonamides is 1. The molecule has 7 nitrogen and oxygen atoms in total. The fourth-order valence-electron chi connectivity index (χ4n) is 3.85. The monoisotopic (exact) mass is 465 g/mol. The molecule has 0 radical (unpaired) electrons. The van der Waals surface area contributed by atoms with Crippen LogP contribution in [0.15, 0.2) is 42.9 Å². The molecule has 3 heterocycles. The first-order valence-electron chi connectivity index (χ1n) is 10.6. The summed E-state index contributed by atoms with van der Waals surface area (Å²) < 4.78 is 55.8. The number of hydrogen-bond acceptors (Lipinski definition) is 5. The van der Waals surface area contributed by atoms with E-state index in [9.17, 15) is 17.2 Å². The highest BCUT2D eigenvalue weighted by Gasteiger charge is 2.46. The van der Waals surface area contributed by atoms with Crippen LogP contribution >= 0.6 is 0 Å². The van der Waals surface area contributed by atoms with Crippen LogP contribution in [0.25, 0.3) is 5.78 Å². The Labute approximate surface area is 187 Å². The first kappa shape index (κ1) is 24.1. The maximum absolute atomic E-state index is 13.9. The number of aromatic nitrogens is 3. The van der Waals surface area contributed by atoms with E-state index >= 15 is 0 Å². The van der Waals surface area contributed by atoms with Crippen LogP contribution in [0.5, 0.6) is 0 Å². The number of fused-ring (bicyclic) bond motifs is 2. The molecule has 0 N–H and O–H groups in total. The second kappa shape index (κ2) is 9.11. The molecule has 0 saturated carbocycles. The number of anilines is 1. The minimum atomic E-state index is -4.79. The van der Waals surface area contributed by atoms with Gasteiger partial charge in [0.15, 0.2) is 0 Å². The lowest BCUT2D eigenvalue weighted by molar-refractivity contribution is 0.104. The zero-order chi connectivity index (χ0) is 23.7. The van der Waals surface area contributed by atoms with Gasteiger partial charge in [0.1, 0.15) is 0 Å². The quantitative estimate of drug-likeness (QED) is 0.577. The molecule has 32 heavy (non-hydrogen) atoms. The van der Waals surface area contributed by atoms with Crippen LogP contribution in [0, 0.1) is 6.92 Å². The van der Waals surface area contributed by atoms with Crippen molar-refractivity contribution in [2.24, 2.45) is 0 Å². The van der Waals surface area contributed by atoms with Gasteiger partial charge in [-0.1, -0.05) is 26.0 Å². The Morgan fingerprint density at radius 1 is 1.19 bits per heavy atom. The Bertz CT molecular complexity index is 1190. The minimum Gasteiger partial charge on any atom is -0.361 e. The summed E-state index contributed by atoms with van der Waals surface area (Å²) in [6, 6.07) is 7.12. The van der Waals surface area contributed by atoms with Gasteiger partial charge in [0.05, 0.1) is 18.4 Å². The van der Waals surface area contributed by atoms with Gasteiger partial charge in [0.2, 0.25) is 5.78 Å². The van der Waals surface area contributed by atoms with E-state index in [2.05, 4.69) is 9.97 Å². The summed E-state index contributed by atoms with van der Waals surface area (Å²) in [5.74, 6) is 0.564. The van der Waals surface area contributed by atoms with Crippen LogP contribution < -0.4 is 4.90 Å². The predicted molar refractivity (Wildman–Crippen MR) is 121 cm³/mol. The molecule has 0 fully saturated rings. The largest absolute Gasteiger partial charge is 0.361 e. The van der Waals surface area contributed by atoms with Crippen molar-refractivity contribution in [2.45, 2.75) is 59.0 Å². The van der Waals surface area contributed by atoms with Crippen LogP contribution in [-0.4, -0.2) is 44.9 Å². The van der Waals surface area contributed by atoms with Crippen molar-refractivity contribution in [3.63, 3.8) is 0 Å². The first-order chi connectivity index (χ1) is 15.1. The van der Waals surface area contributed by atoms with E-state index in [0.717, 1.165) is 26.8 Å². The number of aryl methyl sites for hydroxylation is 1. The maximum atomic E-state index is 13.9. The van der Waals surface area contributed by atoms with Gasteiger partial charge >= 0.3 is 5.25 Å². The molecule has 0 amide bonds. The molecule has 0 aliphatic carbocycles. The summed E-state index contributed by atoms with van der Waals surface area (Å²) in [6.07, 6.45) is 5.25. The molecular formula is C22H29F2N5O2S. The standard InChI is InChI=1S/C20H23F2N5O2S.C2H6/c1-14-6-4-7-18-17(14)13-25(30(28,29)20(3,21)22)11-15(2)27(18)12-16-10-24-19-23-8-5-9-26(16)19;1-2/h4-10,15H,11-13H2,1-3H3;1-2H3/t15-;/m1./s1. The molecule has 0 unspecified atom stereocenters. The van der Waals surface area contributed by atoms with Crippen LogP contribution in [-0.2, 0) is 23.1 Å². The zero-order valence-electron chi connectivity index (χ0n) is 19.0. The van der Waals surface area contributed by atoms with Crippen LogP contribution in [0.3, 0.4) is 0 Å². The lowest BCUT2D eigenvalue weighted by Gasteiger charge is -2.32. The number of halogens is 2. The van der Waals surface area contributed by atoms with Crippen molar-refractivity contribution >= 4 is 21.5 Å². The highest BCUT2D eigenvalue weighted by Crippen LogP contribution is 2.35. The van der Waals surface area contributed by atoms with E-state index in [1.807, 2.05) is 61.4 Å². The molecular weight excluding hydrogens is 436 g/mol. The second-order valence-electron chi connectivity index (χ2n) is 7.69. The summed E-state index contributed by atoms with van der Waals surface area (Å²) in [7, 11) is -4.79. The van der Waals surface area contributed by atoms with Gasteiger partial charge in [-0.25, -0.2) is 18.4 Å². The molecule has 1 aromatic carbocycles.